The van der Waals surface area contributed by atoms with Crippen LogP contribution in [0.4, 0.5) is 0 Å². The van der Waals surface area contributed by atoms with Crippen molar-refractivity contribution in [3.63, 3.8) is 0 Å². The Morgan fingerprint density at radius 3 is 2.77 bits per heavy atom. The molecule has 0 aliphatic heterocycles. The van der Waals surface area contributed by atoms with Crippen molar-refractivity contribution in [3.05, 3.63) is 39.8 Å². The second kappa shape index (κ2) is 5.32. The summed E-state index contributed by atoms with van der Waals surface area (Å²) < 4.78 is 0.496. The summed E-state index contributed by atoms with van der Waals surface area (Å²) in [5, 5.41) is 7.24. The Morgan fingerprint density at radius 2 is 2.00 bits per heavy atom. The first-order chi connectivity index (χ1) is 10.8. The Kier molecular flexibility index (Phi) is 3.30. The van der Waals surface area contributed by atoms with Crippen molar-refractivity contribution in [2.75, 3.05) is 0 Å². The van der Waals surface area contributed by atoms with E-state index in [1.807, 2.05) is 0 Å². The van der Waals surface area contributed by atoms with Crippen molar-refractivity contribution in [2.45, 2.75) is 39.0 Å². The summed E-state index contributed by atoms with van der Waals surface area (Å²) in [5.74, 6) is 0.837. The summed E-state index contributed by atoms with van der Waals surface area (Å²) in [5.41, 5.74) is 6.11. The van der Waals surface area contributed by atoms with Gasteiger partial charge < -0.3 is 0 Å². The fraction of sp³-hybridized carbons (Fsp3) is 0.353. The SMILES string of the molecule is CCc1ccc2nc3c(c(-c4nc(=S)[nH][nH]4)c2c1)CCCC3. The van der Waals surface area contributed by atoms with E-state index >= 15 is 0 Å². The maximum Gasteiger partial charge on any atom is 0.213 e. The minimum Gasteiger partial charge on any atom is -0.282 e. The van der Waals surface area contributed by atoms with E-state index in [0.29, 0.717) is 4.77 Å². The van der Waals surface area contributed by atoms with Crippen LogP contribution in [-0.2, 0) is 19.3 Å². The van der Waals surface area contributed by atoms with Crippen LogP contribution in [0.25, 0.3) is 22.3 Å². The highest BCUT2D eigenvalue weighted by Gasteiger charge is 2.21. The van der Waals surface area contributed by atoms with Gasteiger partial charge in [-0.15, -0.1) is 0 Å². The van der Waals surface area contributed by atoms with Gasteiger partial charge in [-0.25, -0.2) is 0 Å². The lowest BCUT2D eigenvalue weighted by Crippen LogP contribution is -2.08. The number of H-pyrrole nitrogens is 2. The minimum atomic E-state index is 0.496. The zero-order chi connectivity index (χ0) is 15.1. The molecule has 2 N–H and O–H groups in total. The van der Waals surface area contributed by atoms with Gasteiger partial charge in [-0.1, -0.05) is 13.0 Å². The van der Waals surface area contributed by atoms with Gasteiger partial charge in [0.15, 0.2) is 5.82 Å². The first kappa shape index (κ1) is 13.6. The highest BCUT2D eigenvalue weighted by molar-refractivity contribution is 7.71. The van der Waals surface area contributed by atoms with Crippen LogP contribution in [0.5, 0.6) is 0 Å². The molecule has 0 saturated heterocycles. The Labute approximate surface area is 134 Å². The first-order valence-electron chi connectivity index (χ1n) is 7.85. The Hall–Kier alpha value is -2.01. The molecule has 0 atom stereocenters. The normalized spacial score (nSPS) is 14.2. The molecule has 0 fully saturated rings. The fourth-order valence-electron chi connectivity index (χ4n) is 3.35. The summed E-state index contributed by atoms with van der Waals surface area (Å²) in [4.78, 5) is 9.38. The molecule has 4 nitrogen and oxygen atoms in total. The molecule has 2 heterocycles. The van der Waals surface area contributed by atoms with Crippen molar-refractivity contribution in [1.82, 2.24) is 20.2 Å². The molecule has 0 spiro atoms. The lowest BCUT2D eigenvalue weighted by atomic mass is 9.89. The van der Waals surface area contributed by atoms with Crippen molar-refractivity contribution < 1.29 is 0 Å². The third-order valence-corrected chi connectivity index (χ3v) is 4.67. The van der Waals surface area contributed by atoms with Gasteiger partial charge >= 0.3 is 0 Å². The number of fused-ring (bicyclic) bond motifs is 2. The van der Waals surface area contributed by atoms with Gasteiger partial charge in [0, 0.05) is 16.6 Å². The molecular formula is C17H18N4S. The monoisotopic (exact) mass is 310 g/mol. The van der Waals surface area contributed by atoms with Crippen molar-refractivity contribution in [1.29, 1.82) is 0 Å². The quantitative estimate of drug-likeness (QED) is 0.700. The molecule has 0 unspecified atom stereocenters. The van der Waals surface area contributed by atoms with E-state index in [0.717, 1.165) is 30.6 Å². The Morgan fingerprint density at radius 1 is 1.14 bits per heavy atom. The van der Waals surface area contributed by atoms with Crippen molar-refractivity contribution >= 4 is 23.1 Å². The van der Waals surface area contributed by atoms with Crippen LogP contribution in [0.1, 0.15) is 36.6 Å². The number of hydrogen-bond donors (Lipinski definition) is 2. The number of nitrogens with zero attached hydrogens (tertiary/aromatic N) is 2. The van der Waals surface area contributed by atoms with Gasteiger partial charge in [0.1, 0.15) is 0 Å². The number of pyridine rings is 1. The predicted octanol–water partition coefficient (Wildman–Crippen LogP) is 4.12. The summed E-state index contributed by atoms with van der Waals surface area (Å²) in [7, 11) is 0. The molecule has 0 radical (unpaired) electrons. The van der Waals surface area contributed by atoms with Gasteiger partial charge in [-0.2, -0.15) is 4.98 Å². The smallest absolute Gasteiger partial charge is 0.213 e. The largest absolute Gasteiger partial charge is 0.282 e. The molecule has 5 heteroatoms. The van der Waals surface area contributed by atoms with Crippen molar-refractivity contribution in [2.24, 2.45) is 0 Å². The third kappa shape index (κ3) is 2.16. The van der Waals surface area contributed by atoms with Crippen LogP contribution in [0, 0.1) is 4.77 Å². The van der Waals surface area contributed by atoms with Gasteiger partial charge in [0.2, 0.25) is 4.77 Å². The average Bonchev–Trinajstić information content (AvgIpc) is 2.98. The summed E-state index contributed by atoms with van der Waals surface area (Å²) in [6, 6.07) is 6.55. The lowest BCUT2D eigenvalue weighted by molar-refractivity contribution is 0.672. The van der Waals surface area contributed by atoms with Gasteiger partial charge in [0.05, 0.1) is 5.52 Å². The molecule has 1 aliphatic carbocycles. The third-order valence-electron chi connectivity index (χ3n) is 4.47. The maximum atomic E-state index is 5.15. The average molecular weight is 310 g/mol. The fourth-order valence-corrected chi connectivity index (χ4v) is 3.49. The number of aromatic amines is 2. The van der Waals surface area contributed by atoms with Crippen LogP contribution in [-0.4, -0.2) is 20.2 Å². The van der Waals surface area contributed by atoms with E-state index < -0.39 is 0 Å². The highest BCUT2D eigenvalue weighted by Crippen LogP contribution is 2.35. The lowest BCUT2D eigenvalue weighted by Gasteiger charge is -2.20. The molecule has 2 aromatic heterocycles. The molecule has 1 aromatic carbocycles. The second-order valence-electron chi connectivity index (χ2n) is 5.84. The maximum absolute atomic E-state index is 5.15. The molecule has 3 aromatic rings. The molecular weight excluding hydrogens is 292 g/mol. The first-order valence-corrected chi connectivity index (χ1v) is 8.26. The number of aromatic nitrogens is 4. The van der Waals surface area contributed by atoms with E-state index in [9.17, 15) is 0 Å². The van der Waals surface area contributed by atoms with Crippen LogP contribution < -0.4 is 0 Å². The number of nitrogens with one attached hydrogen (secondary N) is 2. The number of benzene rings is 1. The van der Waals surface area contributed by atoms with E-state index in [1.165, 1.54) is 40.6 Å². The standard InChI is InChI=1S/C17H18N4S/c1-2-10-7-8-14-12(9-10)15(16-19-17(22)21-20-16)11-5-3-4-6-13(11)18-14/h7-9H,2-6H2,1H3,(H2,19,20,21,22). The topological polar surface area (TPSA) is 57.4 Å². The van der Waals surface area contributed by atoms with Crippen LogP contribution in [0.3, 0.4) is 0 Å². The van der Waals surface area contributed by atoms with E-state index in [2.05, 4.69) is 40.3 Å². The number of hydrogen-bond acceptors (Lipinski definition) is 3. The predicted molar refractivity (Wildman–Crippen MR) is 90.5 cm³/mol. The van der Waals surface area contributed by atoms with Crippen LogP contribution in [0.15, 0.2) is 18.2 Å². The van der Waals surface area contributed by atoms with E-state index in [1.54, 1.807) is 0 Å². The highest BCUT2D eigenvalue weighted by atomic mass is 32.1. The molecule has 0 bridgehead atoms. The summed E-state index contributed by atoms with van der Waals surface area (Å²) >= 11 is 5.15. The van der Waals surface area contributed by atoms with Gasteiger partial charge in [0.25, 0.3) is 0 Å². The van der Waals surface area contributed by atoms with Crippen molar-refractivity contribution in [3.8, 4) is 11.4 Å². The Balaban J connectivity index is 2.10. The summed E-state index contributed by atoms with van der Waals surface area (Å²) in [6.45, 7) is 2.18. The zero-order valence-corrected chi connectivity index (χ0v) is 13.4. The molecule has 0 saturated carbocycles. The van der Waals surface area contributed by atoms with E-state index in [-0.39, 0.29) is 0 Å². The zero-order valence-electron chi connectivity index (χ0n) is 12.6. The van der Waals surface area contributed by atoms with Crippen LogP contribution >= 0.6 is 12.2 Å². The molecule has 1 aliphatic rings. The van der Waals surface area contributed by atoms with Crippen LogP contribution in [0.2, 0.25) is 0 Å². The second-order valence-corrected chi connectivity index (χ2v) is 6.23. The molecule has 4 rings (SSSR count). The molecule has 22 heavy (non-hydrogen) atoms. The van der Waals surface area contributed by atoms with Gasteiger partial charge in [-0.05, 0) is 67.6 Å². The number of aryl methyl sites for hydroxylation is 2. The molecule has 0 amide bonds. The minimum absolute atomic E-state index is 0.496. The summed E-state index contributed by atoms with van der Waals surface area (Å²) in [6.07, 6.45) is 5.57. The molecule has 112 valence electrons. The van der Waals surface area contributed by atoms with E-state index in [4.69, 9.17) is 17.2 Å². The number of rotatable bonds is 2. The van der Waals surface area contributed by atoms with Gasteiger partial charge in [-0.3, -0.25) is 15.2 Å². The Bertz CT molecular complexity index is 907.